The summed E-state index contributed by atoms with van der Waals surface area (Å²) < 4.78 is 0. The molecule has 0 aromatic heterocycles. The van der Waals surface area contributed by atoms with Crippen molar-refractivity contribution in [2.24, 2.45) is 0 Å². The van der Waals surface area contributed by atoms with Crippen LogP contribution in [0.15, 0.2) is 42.5 Å². The summed E-state index contributed by atoms with van der Waals surface area (Å²) >= 11 is 0. The molecule has 2 aromatic rings. The quantitative estimate of drug-likeness (QED) is 0.440. The summed E-state index contributed by atoms with van der Waals surface area (Å²) in [7, 11) is 8.76. The van der Waals surface area contributed by atoms with Gasteiger partial charge in [-0.15, -0.1) is 0 Å². The van der Waals surface area contributed by atoms with Crippen LogP contribution in [0.2, 0.25) is 0 Å². The van der Waals surface area contributed by atoms with E-state index in [-0.39, 0.29) is 7.92 Å². The Balaban J connectivity index is 1.90. The first-order valence-corrected chi connectivity index (χ1v) is 13.9. The van der Waals surface area contributed by atoms with Crippen molar-refractivity contribution >= 4 is 24.6 Å². The highest BCUT2D eigenvalue weighted by molar-refractivity contribution is 7.67. The Morgan fingerprint density at radius 3 is 1.68 bits per heavy atom. The van der Waals surface area contributed by atoms with E-state index in [2.05, 4.69) is 80.5 Å². The topological polar surface area (TPSA) is 6.48 Å². The van der Waals surface area contributed by atoms with Gasteiger partial charge in [-0.05, 0) is 48.6 Å². The third-order valence-corrected chi connectivity index (χ3v) is 10.9. The molecule has 0 radical (unpaired) electrons. The Morgan fingerprint density at radius 2 is 1.19 bits per heavy atom. The highest BCUT2D eigenvalue weighted by Gasteiger charge is 2.35. The third kappa shape index (κ3) is 4.95. The molecule has 0 spiro atoms. The summed E-state index contributed by atoms with van der Waals surface area (Å²) in [6.07, 6.45) is 14.4. The van der Waals surface area contributed by atoms with Crippen molar-refractivity contribution in [3.8, 4) is 11.1 Å². The van der Waals surface area contributed by atoms with E-state index in [0.717, 1.165) is 11.3 Å². The van der Waals surface area contributed by atoms with Crippen molar-refractivity contribution in [1.29, 1.82) is 0 Å². The predicted octanol–water partition coefficient (Wildman–Crippen LogP) is 7.26. The number of benzene rings is 2. The van der Waals surface area contributed by atoms with Gasteiger partial charge in [-0.3, -0.25) is 0 Å². The van der Waals surface area contributed by atoms with Gasteiger partial charge in [0.15, 0.2) is 0 Å². The molecule has 0 amide bonds. The zero-order chi connectivity index (χ0) is 21.8. The van der Waals surface area contributed by atoms with Crippen LogP contribution in [0.3, 0.4) is 0 Å². The van der Waals surface area contributed by atoms with Crippen LogP contribution in [0.25, 0.3) is 11.1 Å². The fourth-order valence-corrected chi connectivity index (χ4v) is 9.93. The van der Waals surface area contributed by atoms with E-state index < -0.39 is 0 Å². The highest BCUT2D eigenvalue weighted by Crippen LogP contribution is 2.57. The largest absolute Gasteiger partial charge is 0.377 e. The molecule has 31 heavy (non-hydrogen) atoms. The van der Waals surface area contributed by atoms with Crippen LogP contribution >= 0.6 is 7.92 Å². The summed E-state index contributed by atoms with van der Waals surface area (Å²) in [5.74, 6) is 0. The molecule has 0 heterocycles. The lowest BCUT2D eigenvalue weighted by Crippen LogP contribution is -2.30. The number of rotatable bonds is 6. The molecular weight excluding hydrogens is 395 g/mol. The SMILES string of the molecule is CN(C)c1ccc(P(C2CCCCC2)C2CCCCC2)c(N(C)C)c1-c1ccccc1. The van der Waals surface area contributed by atoms with Gasteiger partial charge in [0.05, 0.1) is 5.69 Å². The molecule has 0 unspecified atom stereocenters. The second-order valence-corrected chi connectivity index (χ2v) is 12.7. The van der Waals surface area contributed by atoms with Gasteiger partial charge in [-0.1, -0.05) is 82.8 Å². The van der Waals surface area contributed by atoms with Gasteiger partial charge in [0.2, 0.25) is 0 Å². The maximum absolute atomic E-state index is 2.53. The van der Waals surface area contributed by atoms with Crippen molar-refractivity contribution < 1.29 is 0 Å². The minimum atomic E-state index is -0.144. The molecule has 2 saturated carbocycles. The maximum Gasteiger partial charge on any atom is 0.0540 e. The van der Waals surface area contributed by atoms with Crippen molar-refractivity contribution in [2.75, 3.05) is 38.0 Å². The average Bonchev–Trinajstić information content (AvgIpc) is 2.80. The van der Waals surface area contributed by atoms with Crippen molar-refractivity contribution in [2.45, 2.75) is 75.5 Å². The second-order valence-electron chi connectivity index (χ2n) is 9.97. The maximum atomic E-state index is 2.53. The van der Waals surface area contributed by atoms with E-state index in [1.165, 1.54) is 86.7 Å². The third-order valence-electron chi connectivity index (χ3n) is 7.34. The van der Waals surface area contributed by atoms with E-state index in [1.807, 2.05) is 0 Å². The van der Waals surface area contributed by atoms with Gasteiger partial charge in [-0.2, -0.15) is 0 Å². The lowest BCUT2D eigenvalue weighted by molar-refractivity contribution is 0.487. The van der Waals surface area contributed by atoms with Crippen LogP contribution in [0.4, 0.5) is 11.4 Å². The summed E-state index contributed by atoms with van der Waals surface area (Å²) in [5.41, 5.74) is 7.42. The average molecular weight is 437 g/mol. The first-order valence-electron chi connectivity index (χ1n) is 12.4. The fourth-order valence-electron chi connectivity index (χ4n) is 5.90. The van der Waals surface area contributed by atoms with Gasteiger partial charge >= 0.3 is 0 Å². The van der Waals surface area contributed by atoms with Crippen LogP contribution in [0.5, 0.6) is 0 Å². The minimum absolute atomic E-state index is 0.144. The lowest BCUT2D eigenvalue weighted by Gasteiger charge is -2.41. The summed E-state index contributed by atoms with van der Waals surface area (Å²) in [6.45, 7) is 0. The van der Waals surface area contributed by atoms with Crippen molar-refractivity contribution in [1.82, 2.24) is 0 Å². The Hall–Kier alpha value is -1.53. The monoisotopic (exact) mass is 436 g/mol. The molecule has 0 bridgehead atoms. The molecule has 2 nitrogen and oxygen atoms in total. The Labute approximate surface area is 191 Å². The minimum Gasteiger partial charge on any atom is -0.377 e. The zero-order valence-corrected chi connectivity index (χ0v) is 21.0. The molecule has 0 aliphatic heterocycles. The standard InChI is InChI=1S/C28H41N2P/c1-29(2)25-20-21-26(28(30(3)4)27(25)22-14-8-5-9-15-22)31(23-16-10-6-11-17-23)24-18-12-7-13-19-24/h5,8-9,14-15,20-21,23-24H,6-7,10-13,16-19H2,1-4H3. The molecule has 0 N–H and O–H groups in total. The van der Waals surface area contributed by atoms with Crippen LogP contribution < -0.4 is 15.1 Å². The van der Waals surface area contributed by atoms with E-state index in [4.69, 9.17) is 0 Å². The molecule has 2 aromatic carbocycles. The van der Waals surface area contributed by atoms with E-state index in [1.54, 1.807) is 5.30 Å². The molecule has 3 heteroatoms. The van der Waals surface area contributed by atoms with Gasteiger partial charge < -0.3 is 9.80 Å². The molecule has 0 atom stereocenters. The van der Waals surface area contributed by atoms with Crippen LogP contribution in [-0.4, -0.2) is 39.5 Å². The second kappa shape index (κ2) is 10.4. The molecule has 168 valence electrons. The van der Waals surface area contributed by atoms with Gasteiger partial charge in [0, 0.05) is 44.7 Å². The first kappa shape index (κ1) is 22.7. The van der Waals surface area contributed by atoms with E-state index in [0.29, 0.717) is 0 Å². The zero-order valence-electron chi connectivity index (χ0n) is 20.1. The van der Waals surface area contributed by atoms with E-state index >= 15 is 0 Å². The van der Waals surface area contributed by atoms with Crippen molar-refractivity contribution in [3.63, 3.8) is 0 Å². The molecule has 2 fully saturated rings. The number of hydrogen-bond donors (Lipinski definition) is 0. The van der Waals surface area contributed by atoms with E-state index in [9.17, 15) is 0 Å². The number of hydrogen-bond acceptors (Lipinski definition) is 2. The molecule has 0 saturated heterocycles. The summed E-state index contributed by atoms with van der Waals surface area (Å²) in [4.78, 5) is 4.72. The van der Waals surface area contributed by atoms with Crippen LogP contribution in [-0.2, 0) is 0 Å². The van der Waals surface area contributed by atoms with Crippen molar-refractivity contribution in [3.05, 3.63) is 42.5 Å². The summed E-state index contributed by atoms with van der Waals surface area (Å²) in [5, 5.41) is 1.68. The van der Waals surface area contributed by atoms with Crippen LogP contribution in [0, 0.1) is 0 Å². The van der Waals surface area contributed by atoms with Crippen LogP contribution in [0.1, 0.15) is 64.2 Å². The Morgan fingerprint density at radius 1 is 0.645 bits per heavy atom. The highest BCUT2D eigenvalue weighted by atomic mass is 31.1. The normalized spacial score (nSPS) is 18.4. The fraction of sp³-hybridized carbons (Fsp3) is 0.571. The summed E-state index contributed by atoms with van der Waals surface area (Å²) in [6, 6.07) is 16.1. The van der Waals surface area contributed by atoms with Gasteiger partial charge in [0.25, 0.3) is 0 Å². The Kier molecular flexibility index (Phi) is 7.59. The lowest BCUT2D eigenvalue weighted by atomic mass is 9.99. The molecule has 2 aliphatic rings. The predicted molar refractivity (Wildman–Crippen MR) is 141 cm³/mol. The smallest absolute Gasteiger partial charge is 0.0540 e. The number of anilines is 2. The molecular formula is C28H41N2P. The Bertz CT molecular complexity index is 816. The van der Waals surface area contributed by atoms with Gasteiger partial charge in [0.1, 0.15) is 0 Å². The van der Waals surface area contributed by atoms with Gasteiger partial charge in [-0.25, -0.2) is 0 Å². The first-order chi connectivity index (χ1) is 15.1. The molecule has 2 aliphatic carbocycles. The number of nitrogens with zero attached hydrogens (tertiary/aromatic N) is 2. The molecule has 4 rings (SSSR count).